The maximum atomic E-state index is 12.9. The summed E-state index contributed by atoms with van der Waals surface area (Å²) in [4.78, 5) is 30.0. The number of hydrogen-bond acceptors (Lipinski definition) is 7. The van der Waals surface area contributed by atoms with Crippen LogP contribution in [0.3, 0.4) is 0 Å². The number of pyridine rings is 1. The number of aromatic nitrogens is 1. The molecule has 0 aliphatic carbocycles. The molecule has 1 aliphatic heterocycles. The normalized spacial score (nSPS) is 13.1. The summed E-state index contributed by atoms with van der Waals surface area (Å²) in [5, 5.41) is 0. The molecule has 27 heavy (non-hydrogen) atoms. The van der Waals surface area contributed by atoms with Gasteiger partial charge in [-0.2, -0.15) is 0 Å². The fourth-order valence-electron chi connectivity index (χ4n) is 2.34. The van der Waals surface area contributed by atoms with Crippen LogP contribution in [0.2, 0.25) is 0 Å². The number of esters is 2. The Morgan fingerprint density at radius 1 is 1.37 bits per heavy atom. The van der Waals surface area contributed by atoms with Gasteiger partial charge in [0.15, 0.2) is 12.5 Å². The summed E-state index contributed by atoms with van der Waals surface area (Å²) in [6, 6.07) is 5.26. The molecule has 3 rings (SSSR count). The quantitative estimate of drug-likeness (QED) is 0.477. The first-order valence-electron chi connectivity index (χ1n) is 7.73. The third kappa shape index (κ3) is 4.18. The van der Waals surface area contributed by atoms with E-state index in [-0.39, 0.29) is 24.7 Å². The van der Waals surface area contributed by atoms with E-state index in [9.17, 15) is 14.0 Å². The lowest BCUT2D eigenvalue weighted by Crippen LogP contribution is -2.30. The molecule has 0 saturated heterocycles. The first-order chi connectivity index (χ1) is 12.9. The Morgan fingerprint density at radius 2 is 2.07 bits per heavy atom. The number of nitrogens with zero attached hydrogens (tertiary/aromatic N) is 2. The minimum Gasteiger partial charge on any atom is -0.482 e. The number of carbonyl (C=O) groups is 2. The van der Waals surface area contributed by atoms with Gasteiger partial charge in [0.05, 0.1) is 0 Å². The van der Waals surface area contributed by atoms with Gasteiger partial charge in [0.1, 0.15) is 29.6 Å². The van der Waals surface area contributed by atoms with Crippen LogP contribution in [0.5, 0.6) is 5.75 Å². The summed E-state index contributed by atoms with van der Waals surface area (Å²) in [6.45, 7) is 3.15. The van der Waals surface area contributed by atoms with E-state index in [2.05, 4.69) is 11.6 Å². The van der Waals surface area contributed by atoms with Crippen molar-refractivity contribution in [3.8, 4) is 5.75 Å². The number of halogens is 2. The minimum absolute atomic E-state index is 0.149. The number of benzene rings is 1. The number of anilines is 1. The van der Waals surface area contributed by atoms with E-state index in [1.807, 2.05) is 22.6 Å². The van der Waals surface area contributed by atoms with Crippen molar-refractivity contribution in [2.75, 3.05) is 18.6 Å². The molecule has 1 aromatic carbocycles. The number of fused-ring (bicyclic) bond motifs is 1. The van der Waals surface area contributed by atoms with Gasteiger partial charge in [-0.1, -0.05) is 0 Å². The average molecular weight is 484 g/mol. The predicted octanol–water partition coefficient (Wildman–Crippen LogP) is 3.03. The van der Waals surface area contributed by atoms with Crippen LogP contribution in [0.15, 0.2) is 42.9 Å². The molecule has 1 aliphatic rings. The van der Waals surface area contributed by atoms with E-state index < -0.39 is 17.8 Å². The second-order valence-electron chi connectivity index (χ2n) is 5.53. The molecule has 0 radical (unpaired) electrons. The molecule has 0 N–H and O–H groups in total. The van der Waals surface area contributed by atoms with Crippen molar-refractivity contribution < 1.29 is 28.2 Å². The molecule has 0 saturated carbocycles. The van der Waals surface area contributed by atoms with Crippen molar-refractivity contribution in [1.82, 2.24) is 4.98 Å². The van der Waals surface area contributed by atoms with Gasteiger partial charge in [0.25, 0.3) is 0 Å². The maximum Gasteiger partial charge on any atom is 0.349 e. The first kappa shape index (κ1) is 19.1. The van der Waals surface area contributed by atoms with Crippen molar-refractivity contribution in [2.45, 2.75) is 6.61 Å². The summed E-state index contributed by atoms with van der Waals surface area (Å²) in [7, 11) is 1.67. The van der Waals surface area contributed by atoms with E-state index in [1.165, 1.54) is 29.2 Å². The summed E-state index contributed by atoms with van der Waals surface area (Å²) >= 11 is 2.00. The van der Waals surface area contributed by atoms with Gasteiger partial charge in [-0.05, 0) is 53.4 Å². The third-order valence-corrected chi connectivity index (χ3v) is 4.70. The van der Waals surface area contributed by atoms with Crippen LogP contribution in [0.4, 0.5) is 10.2 Å². The fraction of sp³-hybridized carbons (Fsp3) is 0.167. The van der Waals surface area contributed by atoms with Crippen LogP contribution in [-0.2, 0) is 20.9 Å². The van der Waals surface area contributed by atoms with Crippen LogP contribution in [0.1, 0.15) is 15.9 Å². The van der Waals surface area contributed by atoms with E-state index >= 15 is 0 Å². The molecule has 0 atom stereocenters. The fourth-order valence-corrected chi connectivity index (χ4v) is 2.90. The van der Waals surface area contributed by atoms with Gasteiger partial charge in [-0.25, -0.2) is 19.0 Å². The summed E-state index contributed by atoms with van der Waals surface area (Å²) in [5.41, 5.74) is 0.712. The monoisotopic (exact) mass is 484 g/mol. The Hall–Kier alpha value is -2.69. The molecule has 9 heteroatoms. The van der Waals surface area contributed by atoms with E-state index in [0.717, 1.165) is 0 Å². The van der Waals surface area contributed by atoms with Crippen molar-refractivity contribution >= 4 is 40.3 Å². The zero-order valence-corrected chi connectivity index (χ0v) is 16.4. The van der Waals surface area contributed by atoms with Gasteiger partial charge >= 0.3 is 11.9 Å². The second-order valence-corrected chi connectivity index (χ2v) is 6.69. The summed E-state index contributed by atoms with van der Waals surface area (Å²) < 4.78 is 29.0. The Morgan fingerprint density at radius 3 is 2.78 bits per heavy atom. The molecule has 0 unspecified atom stereocenters. The molecule has 0 amide bonds. The number of carbonyl (C=O) groups excluding carboxylic acids is 2. The molecule has 2 heterocycles. The number of hydrogen-bond donors (Lipinski definition) is 0. The molecule has 0 spiro atoms. The van der Waals surface area contributed by atoms with Crippen molar-refractivity contribution in [1.29, 1.82) is 0 Å². The third-order valence-electron chi connectivity index (χ3n) is 3.77. The van der Waals surface area contributed by atoms with Crippen LogP contribution in [-0.4, -0.2) is 30.6 Å². The summed E-state index contributed by atoms with van der Waals surface area (Å²) in [6.07, 6.45) is 1.57. The zero-order chi connectivity index (χ0) is 19.6. The Labute approximate surface area is 167 Å². The van der Waals surface area contributed by atoms with Crippen LogP contribution in [0, 0.1) is 9.39 Å². The smallest absolute Gasteiger partial charge is 0.349 e. The van der Waals surface area contributed by atoms with Crippen molar-refractivity contribution in [3.63, 3.8) is 0 Å². The second kappa shape index (κ2) is 7.91. The predicted molar refractivity (Wildman–Crippen MR) is 102 cm³/mol. The first-order valence-corrected chi connectivity index (χ1v) is 8.81. The summed E-state index contributed by atoms with van der Waals surface area (Å²) in [5.74, 6) is -0.757. The van der Waals surface area contributed by atoms with Gasteiger partial charge in [-0.3, -0.25) is 4.90 Å². The highest BCUT2D eigenvalue weighted by molar-refractivity contribution is 14.1. The Kier molecular flexibility index (Phi) is 5.59. The topological polar surface area (TPSA) is 78.0 Å². The molecule has 1 aromatic heterocycles. The average Bonchev–Trinajstić information content (AvgIpc) is 2.64. The molecule has 7 nitrogen and oxygen atoms in total. The number of rotatable bonds is 5. The van der Waals surface area contributed by atoms with Gasteiger partial charge in [0, 0.05) is 22.4 Å². The molecule has 140 valence electrons. The minimum atomic E-state index is -0.636. The Balaban J connectivity index is 1.69. The molecule has 2 aromatic rings. The van der Waals surface area contributed by atoms with E-state index in [1.54, 1.807) is 13.2 Å². The van der Waals surface area contributed by atoms with E-state index in [4.69, 9.17) is 14.2 Å². The van der Waals surface area contributed by atoms with Crippen LogP contribution < -0.4 is 9.64 Å². The lowest BCUT2D eigenvalue weighted by Gasteiger charge is -2.28. The molecule has 0 bridgehead atoms. The molecular formula is C18H14FIN2O5. The van der Waals surface area contributed by atoms with Crippen molar-refractivity contribution in [3.05, 3.63) is 63.4 Å². The van der Waals surface area contributed by atoms with Crippen molar-refractivity contribution in [2.24, 2.45) is 0 Å². The highest BCUT2D eigenvalue weighted by Gasteiger charge is 2.31. The lowest BCUT2D eigenvalue weighted by molar-refractivity contribution is -0.147. The number of ether oxygens (including phenoxy) is 3. The largest absolute Gasteiger partial charge is 0.482 e. The van der Waals surface area contributed by atoms with Crippen LogP contribution in [0.25, 0.3) is 0 Å². The molecular weight excluding hydrogens is 470 g/mol. The lowest BCUT2D eigenvalue weighted by atomic mass is 10.1. The van der Waals surface area contributed by atoms with Crippen LogP contribution >= 0.6 is 22.6 Å². The Bertz CT molecular complexity index is 917. The van der Waals surface area contributed by atoms with E-state index in [0.29, 0.717) is 20.7 Å². The standard InChI is InChI=1S/C18H14FIN2O5/c1-10-22(2)17-16(18(24)27-10)13(14(20)7-21-17)8-26-15(23)9-25-12-5-3-11(19)4-6-12/h3-7H,1,8-9H2,2H3. The molecule has 0 fully saturated rings. The SMILES string of the molecule is C=C1OC(=O)c2c(ncc(I)c2COC(=O)COc2ccc(F)cc2)N1C. The van der Waals surface area contributed by atoms with Gasteiger partial charge in [0.2, 0.25) is 0 Å². The zero-order valence-electron chi connectivity index (χ0n) is 14.2. The number of cyclic esters (lactones) is 1. The highest BCUT2D eigenvalue weighted by Crippen LogP contribution is 2.32. The van der Waals surface area contributed by atoms with Gasteiger partial charge < -0.3 is 14.2 Å². The van der Waals surface area contributed by atoms with Gasteiger partial charge in [-0.15, -0.1) is 0 Å². The highest BCUT2D eigenvalue weighted by atomic mass is 127. The maximum absolute atomic E-state index is 12.9.